The molecule has 0 spiro atoms. The number of para-hydroxylation sites is 1. The predicted molar refractivity (Wildman–Crippen MR) is 170 cm³/mol. The molecular weight excluding hydrogens is 510 g/mol. The molecule has 2 N–H and O–H groups in total. The Labute approximate surface area is 246 Å². The minimum Gasteiger partial charge on any atom is -0.315 e. The van der Waals surface area contributed by atoms with Crippen LogP contribution in [0.2, 0.25) is 0 Å². The molecule has 0 aliphatic rings. The first-order valence-electron chi connectivity index (χ1n) is 15.0. The Morgan fingerprint density at radius 2 is 1.56 bits per heavy atom. The summed E-state index contributed by atoms with van der Waals surface area (Å²) in [5.74, 6) is 0.832. The first kappa shape index (κ1) is 31.9. The number of nitrogens with zero attached hydrogens (tertiary/aromatic N) is 3. The fourth-order valence-corrected chi connectivity index (χ4v) is 4.84. The minimum absolute atomic E-state index is 0.0553. The molecule has 41 heavy (non-hydrogen) atoms. The van der Waals surface area contributed by atoms with Crippen LogP contribution in [0.4, 0.5) is 16.3 Å². The summed E-state index contributed by atoms with van der Waals surface area (Å²) in [7, 11) is 0. The van der Waals surface area contributed by atoms with E-state index in [1.807, 2.05) is 37.3 Å². The zero-order valence-corrected chi connectivity index (χ0v) is 26.5. The topological polar surface area (TPSA) is 79.3 Å². The number of carbonyl (C=O) groups excluding carboxylic acids is 2. The number of aryl methyl sites for hydroxylation is 1. The molecule has 1 heterocycles. The van der Waals surface area contributed by atoms with Crippen LogP contribution < -0.4 is 10.6 Å². The summed E-state index contributed by atoms with van der Waals surface area (Å²) in [5.41, 5.74) is 5.71. The van der Waals surface area contributed by atoms with Crippen LogP contribution in [0.1, 0.15) is 109 Å². The van der Waals surface area contributed by atoms with Gasteiger partial charge in [-0.15, -0.1) is 0 Å². The average Bonchev–Trinajstić information content (AvgIpc) is 3.32. The van der Waals surface area contributed by atoms with Crippen LogP contribution in [0.15, 0.2) is 48.5 Å². The second-order valence-electron chi connectivity index (χ2n) is 12.6. The normalized spacial score (nSPS) is 11.7. The molecule has 1 aromatic heterocycles. The van der Waals surface area contributed by atoms with Gasteiger partial charge in [-0.25, -0.2) is 9.48 Å². The number of anilines is 2. The monoisotopic (exact) mass is 559 g/mol. The summed E-state index contributed by atoms with van der Waals surface area (Å²) in [4.78, 5) is 28.9. The number of hydrogen-bond acceptors (Lipinski definition) is 3. The second-order valence-corrected chi connectivity index (χ2v) is 12.6. The van der Waals surface area contributed by atoms with Crippen molar-refractivity contribution in [2.45, 2.75) is 98.8 Å². The van der Waals surface area contributed by atoms with Crippen LogP contribution in [0.5, 0.6) is 0 Å². The van der Waals surface area contributed by atoms with E-state index < -0.39 is 0 Å². The number of amides is 3. The van der Waals surface area contributed by atoms with Gasteiger partial charge in [-0.05, 0) is 54.0 Å². The highest BCUT2D eigenvalue weighted by Crippen LogP contribution is 2.33. The van der Waals surface area contributed by atoms with Crippen molar-refractivity contribution in [3.63, 3.8) is 0 Å². The van der Waals surface area contributed by atoms with Gasteiger partial charge in [0.05, 0.1) is 11.4 Å². The Morgan fingerprint density at radius 3 is 2.12 bits per heavy atom. The van der Waals surface area contributed by atoms with E-state index in [1.54, 1.807) is 9.58 Å². The third-order valence-electron chi connectivity index (χ3n) is 7.25. The lowest BCUT2D eigenvalue weighted by Gasteiger charge is -2.26. The highest BCUT2D eigenvalue weighted by molar-refractivity contribution is 5.97. The molecule has 0 unspecified atom stereocenters. The summed E-state index contributed by atoms with van der Waals surface area (Å²) in [6, 6.07) is 15.9. The van der Waals surface area contributed by atoms with Gasteiger partial charge in [-0.3, -0.25) is 4.79 Å². The summed E-state index contributed by atoms with van der Waals surface area (Å²) in [6.07, 6.45) is 2.84. The molecule has 222 valence electrons. The Bertz CT molecular complexity index is 1310. The van der Waals surface area contributed by atoms with Gasteiger partial charge >= 0.3 is 6.03 Å². The number of hydrogen-bond donors (Lipinski definition) is 2. The maximum Gasteiger partial charge on any atom is 0.322 e. The van der Waals surface area contributed by atoms with Gasteiger partial charge in [0.2, 0.25) is 5.91 Å². The Kier molecular flexibility index (Phi) is 10.8. The zero-order chi connectivity index (χ0) is 30.3. The summed E-state index contributed by atoms with van der Waals surface area (Å²) >= 11 is 0. The molecule has 3 amide bonds. The number of carbonyl (C=O) groups is 2. The number of urea groups is 1. The van der Waals surface area contributed by atoms with Crippen molar-refractivity contribution in [2.24, 2.45) is 0 Å². The lowest BCUT2D eigenvalue weighted by Crippen LogP contribution is -2.41. The Balaban J connectivity index is 1.89. The third kappa shape index (κ3) is 8.44. The molecule has 7 nitrogen and oxygen atoms in total. The fourth-order valence-electron chi connectivity index (χ4n) is 4.84. The van der Waals surface area contributed by atoms with E-state index in [0.717, 1.165) is 53.0 Å². The molecule has 0 aliphatic heterocycles. The Morgan fingerprint density at radius 1 is 0.927 bits per heavy atom. The van der Waals surface area contributed by atoms with Gasteiger partial charge in [0, 0.05) is 23.7 Å². The van der Waals surface area contributed by atoms with Gasteiger partial charge in [0.15, 0.2) is 0 Å². The van der Waals surface area contributed by atoms with Crippen molar-refractivity contribution in [1.82, 2.24) is 14.7 Å². The maximum atomic E-state index is 13.7. The van der Waals surface area contributed by atoms with Crippen molar-refractivity contribution >= 4 is 23.4 Å². The fraction of sp³-hybridized carbons (Fsp3) is 0.500. The zero-order valence-electron chi connectivity index (χ0n) is 26.5. The predicted octanol–water partition coefficient (Wildman–Crippen LogP) is 8.39. The summed E-state index contributed by atoms with van der Waals surface area (Å²) in [6.45, 7) is 19.4. The van der Waals surface area contributed by atoms with Crippen LogP contribution in [0.25, 0.3) is 5.69 Å². The van der Waals surface area contributed by atoms with Crippen LogP contribution in [-0.2, 0) is 10.2 Å². The van der Waals surface area contributed by atoms with E-state index in [9.17, 15) is 9.59 Å². The number of rotatable bonds is 11. The molecular formula is C34H49N5O2. The Hall–Kier alpha value is -3.61. The van der Waals surface area contributed by atoms with E-state index >= 15 is 0 Å². The quantitative estimate of drug-likeness (QED) is 0.232. The highest BCUT2D eigenvalue weighted by Gasteiger charge is 2.24. The number of unbranched alkanes of at least 4 members (excludes halogenated alkanes) is 2. The first-order chi connectivity index (χ1) is 19.3. The van der Waals surface area contributed by atoms with Crippen LogP contribution in [-0.4, -0.2) is 39.7 Å². The van der Waals surface area contributed by atoms with E-state index in [-0.39, 0.29) is 35.7 Å². The molecule has 0 saturated carbocycles. The highest BCUT2D eigenvalue weighted by atomic mass is 16.2. The van der Waals surface area contributed by atoms with Gasteiger partial charge in [0.1, 0.15) is 12.4 Å². The molecule has 0 atom stereocenters. The lowest BCUT2D eigenvalue weighted by atomic mass is 9.92. The minimum atomic E-state index is -0.257. The molecule has 0 bridgehead atoms. The van der Waals surface area contributed by atoms with Gasteiger partial charge in [-0.1, -0.05) is 98.6 Å². The van der Waals surface area contributed by atoms with Crippen molar-refractivity contribution in [3.8, 4) is 5.69 Å². The summed E-state index contributed by atoms with van der Waals surface area (Å²) < 4.78 is 1.78. The van der Waals surface area contributed by atoms with Crippen molar-refractivity contribution in [3.05, 3.63) is 70.9 Å². The third-order valence-corrected chi connectivity index (χ3v) is 7.25. The molecule has 0 fully saturated rings. The van der Waals surface area contributed by atoms with Crippen LogP contribution in [0, 0.1) is 6.92 Å². The molecule has 0 saturated heterocycles. The van der Waals surface area contributed by atoms with Crippen molar-refractivity contribution in [2.75, 3.05) is 23.7 Å². The standard InChI is InChI=1S/C34H49N5O2/c1-10-11-12-19-38(33(41)36-32-27(23(2)3)17-14-18-28(32)24(4)5)22-31(40)35-30-21-29(34(7,8)9)37-39(30)26-16-13-15-25(6)20-26/h13-18,20-21,23-24H,10-12,19,22H2,1-9H3,(H,35,40)(H,36,41). The van der Waals surface area contributed by atoms with Crippen molar-refractivity contribution in [1.29, 1.82) is 0 Å². The number of aromatic nitrogens is 2. The average molecular weight is 560 g/mol. The molecule has 3 aromatic rings. The van der Waals surface area contributed by atoms with Gasteiger partial charge < -0.3 is 15.5 Å². The molecule has 2 aromatic carbocycles. The molecule has 0 aliphatic carbocycles. The molecule has 3 rings (SSSR count). The van der Waals surface area contributed by atoms with Crippen LogP contribution >= 0.6 is 0 Å². The van der Waals surface area contributed by atoms with E-state index in [2.05, 4.69) is 84.2 Å². The van der Waals surface area contributed by atoms with E-state index in [1.165, 1.54) is 0 Å². The smallest absolute Gasteiger partial charge is 0.315 e. The van der Waals surface area contributed by atoms with Crippen molar-refractivity contribution < 1.29 is 9.59 Å². The number of benzene rings is 2. The van der Waals surface area contributed by atoms with E-state index in [0.29, 0.717) is 12.4 Å². The first-order valence-corrected chi connectivity index (χ1v) is 15.0. The summed E-state index contributed by atoms with van der Waals surface area (Å²) in [5, 5.41) is 11.1. The SMILES string of the molecule is CCCCCN(CC(=O)Nc1cc(C(C)(C)C)nn1-c1cccc(C)c1)C(=O)Nc1c(C(C)C)cccc1C(C)C. The van der Waals surface area contributed by atoms with Gasteiger partial charge in [-0.2, -0.15) is 5.10 Å². The molecule has 0 radical (unpaired) electrons. The molecule has 7 heteroatoms. The van der Waals surface area contributed by atoms with E-state index in [4.69, 9.17) is 5.10 Å². The van der Waals surface area contributed by atoms with Crippen LogP contribution in [0.3, 0.4) is 0 Å². The lowest BCUT2D eigenvalue weighted by molar-refractivity contribution is -0.116. The second kappa shape index (κ2) is 13.8. The van der Waals surface area contributed by atoms with Gasteiger partial charge in [0.25, 0.3) is 0 Å². The number of nitrogens with one attached hydrogen (secondary N) is 2. The largest absolute Gasteiger partial charge is 0.322 e. The maximum absolute atomic E-state index is 13.7.